The summed E-state index contributed by atoms with van der Waals surface area (Å²) in [6.45, 7) is 5.85. The summed E-state index contributed by atoms with van der Waals surface area (Å²) in [6, 6.07) is -0.153. The van der Waals surface area contributed by atoms with Crippen LogP contribution in [0.2, 0.25) is 0 Å². The van der Waals surface area contributed by atoms with Crippen LogP contribution >= 0.6 is 0 Å². The second kappa shape index (κ2) is 17.0. The highest BCUT2D eigenvalue weighted by Gasteiger charge is 2.16. The summed E-state index contributed by atoms with van der Waals surface area (Å²) in [4.78, 5) is 14.1. The molecule has 0 saturated carbocycles. The molecule has 0 spiro atoms. The van der Waals surface area contributed by atoms with Crippen molar-refractivity contribution in [1.82, 2.24) is 4.90 Å². The zero-order chi connectivity index (χ0) is 18.0. The Morgan fingerprint density at radius 1 is 0.875 bits per heavy atom. The Morgan fingerprint density at radius 3 is 1.67 bits per heavy atom. The van der Waals surface area contributed by atoms with E-state index in [2.05, 4.69) is 19.2 Å². The molecule has 0 heterocycles. The van der Waals surface area contributed by atoms with E-state index in [0.29, 0.717) is 12.2 Å². The first-order valence-electron chi connectivity index (χ1n) is 10.2. The molecule has 0 fully saturated rings. The third kappa shape index (κ3) is 13.6. The number of nitrogens with zero attached hydrogens (tertiary/aromatic N) is 1. The number of likely N-dealkylation sites (N-methyl/N-ethyl adjacent to an activating group) is 1. The fourth-order valence-electron chi connectivity index (χ4n) is 3.11. The van der Waals surface area contributed by atoms with Gasteiger partial charge in [-0.05, 0) is 26.6 Å². The third-order valence-electron chi connectivity index (χ3n) is 4.69. The van der Waals surface area contributed by atoms with E-state index in [1.807, 2.05) is 19.0 Å². The molecule has 2 heteroatoms. The number of hydrogen-bond acceptors (Lipinski definition) is 2. The van der Waals surface area contributed by atoms with Crippen LogP contribution in [0.4, 0.5) is 0 Å². The quantitative estimate of drug-likeness (QED) is 0.229. The fourth-order valence-corrected chi connectivity index (χ4v) is 3.11. The maximum absolute atomic E-state index is 12.1. The van der Waals surface area contributed by atoms with E-state index >= 15 is 0 Å². The Hall–Kier alpha value is -0.850. The molecule has 1 atom stereocenters. The van der Waals surface area contributed by atoms with Gasteiger partial charge in [-0.15, -0.1) is 5.73 Å². The van der Waals surface area contributed by atoms with Crippen molar-refractivity contribution in [2.24, 2.45) is 0 Å². The van der Waals surface area contributed by atoms with Gasteiger partial charge < -0.3 is 0 Å². The van der Waals surface area contributed by atoms with Gasteiger partial charge in [0.15, 0.2) is 5.78 Å². The second-order valence-electron chi connectivity index (χ2n) is 7.24. The minimum absolute atomic E-state index is 0.153. The molecule has 140 valence electrons. The van der Waals surface area contributed by atoms with Crippen molar-refractivity contribution in [2.75, 3.05) is 14.1 Å². The Morgan fingerprint density at radius 2 is 1.29 bits per heavy atom. The van der Waals surface area contributed by atoms with Gasteiger partial charge in [-0.1, -0.05) is 90.6 Å². The lowest BCUT2D eigenvalue weighted by Gasteiger charge is -2.18. The van der Waals surface area contributed by atoms with Gasteiger partial charge in [0.25, 0.3) is 0 Å². The van der Waals surface area contributed by atoms with Crippen LogP contribution in [0.1, 0.15) is 96.8 Å². The summed E-state index contributed by atoms with van der Waals surface area (Å²) in [7, 11) is 3.86. The third-order valence-corrected chi connectivity index (χ3v) is 4.69. The summed E-state index contributed by atoms with van der Waals surface area (Å²) in [5.74, 6) is 0.291. The monoisotopic (exact) mass is 335 g/mol. The van der Waals surface area contributed by atoms with Gasteiger partial charge in [-0.2, -0.15) is 0 Å². The van der Waals surface area contributed by atoms with Gasteiger partial charge in [0.2, 0.25) is 0 Å². The fraction of sp³-hybridized carbons (Fsp3) is 0.818. The van der Waals surface area contributed by atoms with Gasteiger partial charge >= 0.3 is 0 Å². The zero-order valence-electron chi connectivity index (χ0n) is 16.6. The molecule has 0 aliphatic carbocycles. The van der Waals surface area contributed by atoms with Crippen LogP contribution in [0.3, 0.4) is 0 Å². The first-order chi connectivity index (χ1) is 11.6. The molecular formula is C22H41NO. The van der Waals surface area contributed by atoms with E-state index in [1.54, 1.807) is 6.08 Å². The molecule has 0 aliphatic heterocycles. The standard InChI is InChI=1S/C22H41NO/c1-5-7-8-9-10-11-12-13-14-15-16-17-18-20-22(24)21(19-6-2)23(3)4/h19,21H,2,5,7-18,20H2,1,3-4H3. The van der Waals surface area contributed by atoms with E-state index < -0.39 is 0 Å². The van der Waals surface area contributed by atoms with Gasteiger partial charge in [-0.3, -0.25) is 9.69 Å². The topological polar surface area (TPSA) is 20.3 Å². The number of carbonyl (C=O) groups excluding carboxylic acids is 1. The summed E-state index contributed by atoms with van der Waals surface area (Å²) in [5, 5.41) is 0. The highest BCUT2D eigenvalue weighted by Crippen LogP contribution is 2.13. The van der Waals surface area contributed by atoms with Crippen molar-refractivity contribution in [1.29, 1.82) is 0 Å². The number of ketones is 1. The lowest BCUT2D eigenvalue weighted by Crippen LogP contribution is -2.33. The number of unbranched alkanes of at least 4 members (excludes halogenated alkanes) is 12. The molecule has 0 saturated heterocycles. The first-order valence-corrected chi connectivity index (χ1v) is 10.2. The summed E-state index contributed by atoms with van der Waals surface area (Å²) in [6.07, 6.45) is 19.8. The first kappa shape index (κ1) is 23.1. The largest absolute Gasteiger partial charge is 0.298 e. The van der Waals surface area contributed by atoms with Crippen LogP contribution in [0.5, 0.6) is 0 Å². The van der Waals surface area contributed by atoms with Crippen LogP contribution in [-0.2, 0) is 4.79 Å². The van der Waals surface area contributed by atoms with E-state index in [4.69, 9.17) is 0 Å². The highest BCUT2D eigenvalue weighted by molar-refractivity contribution is 5.85. The van der Waals surface area contributed by atoms with Crippen molar-refractivity contribution in [3.8, 4) is 0 Å². The van der Waals surface area contributed by atoms with Crippen molar-refractivity contribution in [2.45, 2.75) is 103 Å². The summed E-state index contributed by atoms with van der Waals surface area (Å²) in [5.41, 5.74) is 2.74. The van der Waals surface area contributed by atoms with Crippen molar-refractivity contribution in [3.63, 3.8) is 0 Å². The van der Waals surface area contributed by atoms with Gasteiger partial charge in [0.1, 0.15) is 0 Å². The average molecular weight is 336 g/mol. The molecule has 0 rings (SSSR count). The van der Waals surface area contributed by atoms with E-state index in [0.717, 1.165) is 6.42 Å². The molecule has 0 amide bonds. The molecule has 1 unspecified atom stereocenters. The Balaban J connectivity index is 3.41. The minimum atomic E-state index is -0.153. The number of carbonyl (C=O) groups is 1. The second-order valence-corrected chi connectivity index (χ2v) is 7.24. The average Bonchev–Trinajstić information content (AvgIpc) is 2.56. The van der Waals surface area contributed by atoms with Crippen LogP contribution in [0.25, 0.3) is 0 Å². The Bertz CT molecular complexity index is 342. The Labute approximate surface area is 151 Å². The minimum Gasteiger partial charge on any atom is -0.298 e. The molecular weight excluding hydrogens is 294 g/mol. The summed E-state index contributed by atoms with van der Waals surface area (Å²) >= 11 is 0. The number of Topliss-reactive ketones (excluding diaryl/α,β-unsaturated/α-hetero) is 1. The molecule has 0 aromatic heterocycles. The molecule has 0 aromatic carbocycles. The molecule has 0 N–H and O–H groups in total. The molecule has 0 radical (unpaired) electrons. The molecule has 0 aliphatic rings. The molecule has 0 aromatic rings. The smallest absolute Gasteiger partial charge is 0.154 e. The van der Waals surface area contributed by atoms with Gasteiger partial charge in [0.05, 0.1) is 6.04 Å². The Kier molecular flexibility index (Phi) is 16.4. The maximum Gasteiger partial charge on any atom is 0.154 e. The van der Waals surface area contributed by atoms with Crippen LogP contribution in [-0.4, -0.2) is 30.8 Å². The number of hydrogen-bond donors (Lipinski definition) is 0. The van der Waals surface area contributed by atoms with Crippen LogP contribution < -0.4 is 0 Å². The van der Waals surface area contributed by atoms with Gasteiger partial charge in [-0.25, -0.2) is 0 Å². The van der Waals surface area contributed by atoms with E-state index in [1.165, 1.54) is 77.0 Å². The summed E-state index contributed by atoms with van der Waals surface area (Å²) < 4.78 is 0. The molecule has 24 heavy (non-hydrogen) atoms. The predicted molar refractivity (Wildman–Crippen MR) is 107 cm³/mol. The van der Waals surface area contributed by atoms with Crippen LogP contribution in [0, 0.1) is 0 Å². The van der Waals surface area contributed by atoms with Gasteiger partial charge in [0, 0.05) is 6.42 Å². The van der Waals surface area contributed by atoms with Crippen molar-refractivity contribution in [3.05, 3.63) is 18.4 Å². The highest BCUT2D eigenvalue weighted by atomic mass is 16.1. The lowest BCUT2D eigenvalue weighted by molar-refractivity contribution is -0.122. The van der Waals surface area contributed by atoms with Crippen molar-refractivity contribution >= 4 is 5.78 Å². The van der Waals surface area contributed by atoms with E-state index in [-0.39, 0.29) is 6.04 Å². The number of rotatable bonds is 17. The van der Waals surface area contributed by atoms with Crippen molar-refractivity contribution < 1.29 is 4.79 Å². The molecule has 2 nitrogen and oxygen atoms in total. The zero-order valence-corrected chi connectivity index (χ0v) is 16.6. The SMILES string of the molecule is C=C=CC(C(=O)CCCCCCCCCCCCCCC)N(C)C. The van der Waals surface area contributed by atoms with E-state index in [9.17, 15) is 4.79 Å². The predicted octanol–water partition coefficient (Wildman–Crippen LogP) is 6.31. The normalized spacial score (nSPS) is 12.2. The molecule has 0 bridgehead atoms. The maximum atomic E-state index is 12.1. The lowest BCUT2D eigenvalue weighted by atomic mass is 10.0. The van der Waals surface area contributed by atoms with Crippen LogP contribution in [0.15, 0.2) is 18.4 Å².